The summed E-state index contributed by atoms with van der Waals surface area (Å²) in [5.74, 6) is -0.154. The zero-order chi connectivity index (χ0) is 14.5. The number of amides is 1. The third-order valence-corrected chi connectivity index (χ3v) is 3.22. The van der Waals surface area contributed by atoms with Crippen LogP contribution in [-0.4, -0.2) is 12.5 Å². The second kappa shape index (κ2) is 6.52. The SMILES string of the molecule is CCOc1ccccc1C(=O)Nc1ccc(F)c(Br)c1. The smallest absolute Gasteiger partial charge is 0.259 e. The van der Waals surface area contributed by atoms with Crippen molar-refractivity contribution in [2.45, 2.75) is 6.92 Å². The Morgan fingerprint density at radius 2 is 2.05 bits per heavy atom. The highest BCUT2D eigenvalue weighted by atomic mass is 79.9. The van der Waals surface area contributed by atoms with Crippen molar-refractivity contribution >= 4 is 27.5 Å². The largest absolute Gasteiger partial charge is 0.493 e. The topological polar surface area (TPSA) is 38.3 Å². The quantitative estimate of drug-likeness (QED) is 0.906. The maximum Gasteiger partial charge on any atom is 0.259 e. The number of hydrogen-bond acceptors (Lipinski definition) is 2. The maximum atomic E-state index is 13.1. The Morgan fingerprint density at radius 1 is 1.30 bits per heavy atom. The Kier molecular flexibility index (Phi) is 4.74. The molecule has 0 radical (unpaired) electrons. The van der Waals surface area contributed by atoms with Gasteiger partial charge in [0.15, 0.2) is 0 Å². The number of benzene rings is 2. The molecule has 0 saturated heterocycles. The summed E-state index contributed by atoms with van der Waals surface area (Å²) in [5, 5.41) is 2.71. The Hall–Kier alpha value is -1.88. The Labute approximate surface area is 124 Å². The normalized spacial score (nSPS) is 10.2. The number of ether oxygens (including phenoxy) is 1. The molecule has 0 atom stereocenters. The van der Waals surface area contributed by atoms with E-state index in [0.29, 0.717) is 28.1 Å². The second-order valence-electron chi connectivity index (χ2n) is 4.01. The van der Waals surface area contributed by atoms with Crippen molar-refractivity contribution in [1.29, 1.82) is 0 Å². The van der Waals surface area contributed by atoms with Crippen LogP contribution in [0.3, 0.4) is 0 Å². The summed E-state index contributed by atoms with van der Waals surface area (Å²) in [6, 6.07) is 11.3. The molecule has 20 heavy (non-hydrogen) atoms. The lowest BCUT2D eigenvalue weighted by Crippen LogP contribution is -2.13. The lowest BCUT2D eigenvalue weighted by molar-refractivity contribution is 0.102. The van der Waals surface area contributed by atoms with Crippen molar-refractivity contribution < 1.29 is 13.9 Å². The summed E-state index contributed by atoms with van der Waals surface area (Å²) >= 11 is 3.08. The van der Waals surface area contributed by atoms with E-state index in [9.17, 15) is 9.18 Å². The van der Waals surface area contributed by atoms with Crippen LogP contribution in [0.2, 0.25) is 0 Å². The van der Waals surface area contributed by atoms with Gasteiger partial charge in [-0.15, -0.1) is 0 Å². The van der Waals surface area contributed by atoms with E-state index in [2.05, 4.69) is 21.2 Å². The monoisotopic (exact) mass is 337 g/mol. The maximum absolute atomic E-state index is 13.1. The second-order valence-corrected chi connectivity index (χ2v) is 4.87. The van der Waals surface area contributed by atoms with E-state index in [1.165, 1.54) is 18.2 Å². The molecule has 0 fully saturated rings. The van der Waals surface area contributed by atoms with Gasteiger partial charge in [0.1, 0.15) is 11.6 Å². The van der Waals surface area contributed by atoms with Crippen LogP contribution in [0.5, 0.6) is 5.75 Å². The molecule has 0 aromatic heterocycles. The summed E-state index contributed by atoms with van der Waals surface area (Å²) in [6.45, 7) is 2.33. The van der Waals surface area contributed by atoms with Crippen LogP contribution in [0.15, 0.2) is 46.9 Å². The minimum atomic E-state index is -0.377. The van der Waals surface area contributed by atoms with Gasteiger partial charge in [-0.05, 0) is 53.2 Å². The molecule has 0 spiro atoms. The van der Waals surface area contributed by atoms with Gasteiger partial charge in [0, 0.05) is 5.69 Å². The van der Waals surface area contributed by atoms with Gasteiger partial charge in [0.2, 0.25) is 0 Å². The number of hydrogen-bond donors (Lipinski definition) is 1. The summed E-state index contributed by atoms with van der Waals surface area (Å²) in [4.78, 5) is 12.2. The standard InChI is InChI=1S/C15H13BrFNO2/c1-2-20-14-6-4-3-5-11(14)15(19)18-10-7-8-13(17)12(16)9-10/h3-9H,2H2,1H3,(H,18,19). The van der Waals surface area contributed by atoms with E-state index in [1.807, 2.05) is 6.92 Å². The third kappa shape index (κ3) is 3.36. The van der Waals surface area contributed by atoms with Gasteiger partial charge in [-0.25, -0.2) is 4.39 Å². The summed E-state index contributed by atoms with van der Waals surface area (Å²) in [6.07, 6.45) is 0. The van der Waals surface area contributed by atoms with Crippen LogP contribution in [0, 0.1) is 5.82 Å². The molecule has 104 valence electrons. The first kappa shape index (κ1) is 14.5. The predicted octanol–water partition coefficient (Wildman–Crippen LogP) is 4.24. The van der Waals surface area contributed by atoms with Gasteiger partial charge in [-0.1, -0.05) is 12.1 Å². The van der Waals surface area contributed by atoms with Crippen molar-refractivity contribution in [2.75, 3.05) is 11.9 Å². The van der Waals surface area contributed by atoms with Crippen LogP contribution in [0.25, 0.3) is 0 Å². The van der Waals surface area contributed by atoms with E-state index >= 15 is 0 Å². The van der Waals surface area contributed by atoms with Crippen LogP contribution in [0.1, 0.15) is 17.3 Å². The first-order valence-electron chi connectivity index (χ1n) is 6.10. The molecule has 0 unspecified atom stereocenters. The van der Waals surface area contributed by atoms with E-state index in [4.69, 9.17) is 4.74 Å². The van der Waals surface area contributed by atoms with Gasteiger partial charge < -0.3 is 10.1 Å². The molecule has 5 heteroatoms. The highest BCUT2D eigenvalue weighted by Gasteiger charge is 2.12. The first-order chi connectivity index (χ1) is 9.61. The van der Waals surface area contributed by atoms with Gasteiger partial charge >= 0.3 is 0 Å². The molecule has 0 aliphatic heterocycles. The average molecular weight is 338 g/mol. The van der Waals surface area contributed by atoms with Crippen LogP contribution >= 0.6 is 15.9 Å². The van der Waals surface area contributed by atoms with Gasteiger partial charge in [0.25, 0.3) is 5.91 Å². The molecule has 2 aromatic carbocycles. The molecule has 2 rings (SSSR count). The molecular weight excluding hydrogens is 325 g/mol. The van der Waals surface area contributed by atoms with Crippen molar-refractivity contribution in [3.05, 3.63) is 58.3 Å². The molecular formula is C15H13BrFNO2. The fourth-order valence-corrected chi connectivity index (χ4v) is 2.09. The van der Waals surface area contributed by atoms with E-state index in [0.717, 1.165) is 0 Å². The van der Waals surface area contributed by atoms with Crippen molar-refractivity contribution in [3.63, 3.8) is 0 Å². The lowest BCUT2D eigenvalue weighted by atomic mass is 10.2. The molecule has 3 nitrogen and oxygen atoms in total. The number of carbonyl (C=O) groups excluding carboxylic acids is 1. The zero-order valence-corrected chi connectivity index (χ0v) is 12.4. The fraction of sp³-hybridized carbons (Fsp3) is 0.133. The van der Waals surface area contributed by atoms with Crippen LogP contribution < -0.4 is 10.1 Å². The van der Waals surface area contributed by atoms with E-state index in [1.54, 1.807) is 24.3 Å². The van der Waals surface area contributed by atoms with Crippen LogP contribution in [-0.2, 0) is 0 Å². The highest BCUT2D eigenvalue weighted by molar-refractivity contribution is 9.10. The number of nitrogens with one attached hydrogen (secondary N) is 1. The Bertz CT molecular complexity index is 631. The molecule has 0 bridgehead atoms. The Balaban J connectivity index is 2.21. The number of carbonyl (C=O) groups is 1. The average Bonchev–Trinajstić information content (AvgIpc) is 2.44. The molecule has 0 aliphatic carbocycles. The number of anilines is 1. The fourth-order valence-electron chi connectivity index (χ4n) is 1.71. The molecule has 0 saturated carbocycles. The first-order valence-corrected chi connectivity index (χ1v) is 6.89. The highest BCUT2D eigenvalue weighted by Crippen LogP contribution is 2.23. The van der Waals surface area contributed by atoms with Gasteiger partial charge in [0.05, 0.1) is 16.6 Å². The van der Waals surface area contributed by atoms with Crippen molar-refractivity contribution in [2.24, 2.45) is 0 Å². The molecule has 0 aliphatic rings. The van der Waals surface area contributed by atoms with Crippen LogP contribution in [0.4, 0.5) is 10.1 Å². The molecule has 1 amide bonds. The van der Waals surface area contributed by atoms with E-state index in [-0.39, 0.29) is 11.7 Å². The summed E-state index contributed by atoms with van der Waals surface area (Å²) in [7, 11) is 0. The van der Waals surface area contributed by atoms with Gasteiger partial charge in [-0.3, -0.25) is 4.79 Å². The Morgan fingerprint density at radius 3 is 2.75 bits per heavy atom. The minimum Gasteiger partial charge on any atom is -0.493 e. The lowest BCUT2D eigenvalue weighted by Gasteiger charge is -2.10. The number of para-hydroxylation sites is 1. The molecule has 1 N–H and O–H groups in total. The molecule has 2 aromatic rings. The van der Waals surface area contributed by atoms with Gasteiger partial charge in [-0.2, -0.15) is 0 Å². The summed E-state index contributed by atoms with van der Waals surface area (Å²) < 4.78 is 18.9. The van der Waals surface area contributed by atoms with E-state index < -0.39 is 0 Å². The predicted molar refractivity (Wildman–Crippen MR) is 79.7 cm³/mol. The number of rotatable bonds is 4. The third-order valence-electron chi connectivity index (χ3n) is 2.61. The van der Waals surface area contributed by atoms with Crippen molar-refractivity contribution in [3.8, 4) is 5.75 Å². The van der Waals surface area contributed by atoms with Crippen molar-refractivity contribution in [1.82, 2.24) is 0 Å². The number of halogens is 2. The zero-order valence-electron chi connectivity index (χ0n) is 10.8. The summed E-state index contributed by atoms with van der Waals surface area (Å²) in [5.41, 5.74) is 0.948. The minimum absolute atomic E-state index is 0.299. The molecule has 0 heterocycles.